The third-order valence-corrected chi connectivity index (χ3v) is 3.95. The highest BCUT2D eigenvalue weighted by Gasteiger charge is 2.09. The van der Waals surface area contributed by atoms with Gasteiger partial charge in [0.1, 0.15) is 5.82 Å². The highest BCUT2D eigenvalue weighted by atomic mass is 32.2. The number of nitrogens with one attached hydrogen (secondary N) is 2. The first kappa shape index (κ1) is 16.6. The van der Waals surface area contributed by atoms with E-state index in [9.17, 15) is 8.42 Å². The molecule has 1 aromatic rings. The predicted molar refractivity (Wildman–Crippen MR) is 81.4 cm³/mol. The Labute approximate surface area is 120 Å². The van der Waals surface area contributed by atoms with Gasteiger partial charge in [-0.25, -0.2) is 8.42 Å². The minimum atomic E-state index is -3.31. The minimum Gasteiger partial charge on any atom is -0.369 e. The summed E-state index contributed by atoms with van der Waals surface area (Å²) in [5.41, 5.74) is 0. The van der Waals surface area contributed by atoms with Crippen LogP contribution in [-0.4, -0.2) is 56.5 Å². The molecule has 20 heavy (non-hydrogen) atoms. The normalized spacial score (nSPS) is 11.6. The number of anilines is 2. The highest BCUT2D eigenvalue weighted by Crippen LogP contribution is 2.08. The Balaban J connectivity index is 2.44. The summed E-state index contributed by atoms with van der Waals surface area (Å²) in [6, 6.07) is 3.32. The lowest BCUT2D eigenvalue weighted by Crippen LogP contribution is -2.18. The fraction of sp³-hybridized carbons (Fsp3) is 0.667. The zero-order valence-electron chi connectivity index (χ0n) is 12.3. The number of hydrogen-bond donors (Lipinski definition) is 2. The van der Waals surface area contributed by atoms with Crippen molar-refractivity contribution in [1.29, 1.82) is 0 Å². The van der Waals surface area contributed by atoms with Crippen molar-refractivity contribution >= 4 is 21.7 Å². The van der Waals surface area contributed by atoms with Crippen LogP contribution in [0.5, 0.6) is 0 Å². The molecule has 0 aliphatic heterocycles. The summed E-state index contributed by atoms with van der Waals surface area (Å²) < 4.78 is 25.5. The molecular weight excluding hydrogens is 278 g/mol. The second-order valence-electron chi connectivity index (χ2n) is 4.81. The molecule has 0 unspecified atom stereocenters. The molecular formula is C12H23N5O2S. The van der Waals surface area contributed by atoms with Gasteiger partial charge in [-0.2, -0.15) is 0 Å². The molecule has 0 amide bonds. The molecule has 0 saturated carbocycles. The van der Waals surface area contributed by atoms with Crippen LogP contribution in [-0.2, 0) is 10.0 Å². The first-order valence-electron chi connectivity index (χ1n) is 6.66. The summed E-state index contributed by atoms with van der Waals surface area (Å²) in [7, 11) is 0.743. The van der Waals surface area contributed by atoms with Gasteiger partial charge in [0.15, 0.2) is 5.82 Å². The van der Waals surface area contributed by atoms with Crippen molar-refractivity contribution < 1.29 is 8.42 Å². The maximum Gasteiger partial charge on any atom is 0.233 e. The molecule has 8 heteroatoms. The van der Waals surface area contributed by atoms with Crippen molar-refractivity contribution in [3.8, 4) is 0 Å². The Kier molecular flexibility index (Phi) is 6.66. The van der Waals surface area contributed by atoms with Gasteiger partial charge in [-0.3, -0.25) is 4.72 Å². The highest BCUT2D eigenvalue weighted by molar-refractivity contribution is 7.92. The van der Waals surface area contributed by atoms with E-state index >= 15 is 0 Å². The Morgan fingerprint density at radius 1 is 1.20 bits per heavy atom. The average molecular weight is 301 g/mol. The summed E-state index contributed by atoms with van der Waals surface area (Å²) >= 11 is 0. The van der Waals surface area contributed by atoms with E-state index in [0.29, 0.717) is 12.2 Å². The third-order valence-electron chi connectivity index (χ3n) is 2.49. The van der Waals surface area contributed by atoms with Crippen LogP contribution in [0.1, 0.15) is 19.8 Å². The van der Waals surface area contributed by atoms with Crippen molar-refractivity contribution in [3.05, 3.63) is 12.1 Å². The van der Waals surface area contributed by atoms with E-state index in [1.807, 2.05) is 21.0 Å². The monoisotopic (exact) mass is 301 g/mol. The number of hydrogen-bond acceptors (Lipinski definition) is 6. The van der Waals surface area contributed by atoms with E-state index in [1.165, 1.54) is 0 Å². The first-order valence-corrected chi connectivity index (χ1v) is 8.31. The van der Waals surface area contributed by atoms with Crippen LogP contribution in [0, 0.1) is 0 Å². The van der Waals surface area contributed by atoms with Crippen LogP contribution in [0.4, 0.5) is 11.6 Å². The van der Waals surface area contributed by atoms with Gasteiger partial charge >= 0.3 is 0 Å². The van der Waals surface area contributed by atoms with E-state index in [2.05, 4.69) is 25.1 Å². The molecule has 1 aromatic heterocycles. The number of rotatable bonds is 9. The second-order valence-corrected chi connectivity index (χ2v) is 6.65. The van der Waals surface area contributed by atoms with Gasteiger partial charge in [-0.15, -0.1) is 10.2 Å². The van der Waals surface area contributed by atoms with Crippen LogP contribution in [0.3, 0.4) is 0 Å². The quantitative estimate of drug-likeness (QED) is 0.662. The molecule has 0 aliphatic carbocycles. The standard InChI is InChI=1S/C12H23N5O2S/c1-4-10-20(18,19)16-12-7-6-11(14-15-12)13-8-5-9-17(2)3/h6-7H,4-5,8-10H2,1-3H3,(H,13,14)(H,15,16). The van der Waals surface area contributed by atoms with Crippen LogP contribution < -0.4 is 10.0 Å². The van der Waals surface area contributed by atoms with Crippen molar-refractivity contribution in [2.75, 3.05) is 43.0 Å². The topological polar surface area (TPSA) is 87.2 Å². The van der Waals surface area contributed by atoms with E-state index in [-0.39, 0.29) is 11.6 Å². The number of aromatic nitrogens is 2. The SMILES string of the molecule is CCCS(=O)(=O)Nc1ccc(NCCCN(C)C)nn1. The summed E-state index contributed by atoms with van der Waals surface area (Å²) in [6.07, 6.45) is 1.56. The maximum absolute atomic E-state index is 11.6. The van der Waals surface area contributed by atoms with Crippen LogP contribution >= 0.6 is 0 Å². The maximum atomic E-state index is 11.6. The zero-order chi connectivity index (χ0) is 15.0. The van der Waals surface area contributed by atoms with Crippen molar-refractivity contribution in [2.45, 2.75) is 19.8 Å². The lowest BCUT2D eigenvalue weighted by Gasteiger charge is -2.10. The van der Waals surface area contributed by atoms with Gasteiger partial charge in [-0.05, 0) is 45.6 Å². The Morgan fingerprint density at radius 2 is 1.85 bits per heavy atom. The van der Waals surface area contributed by atoms with Crippen molar-refractivity contribution in [1.82, 2.24) is 15.1 Å². The van der Waals surface area contributed by atoms with Crippen LogP contribution in [0.2, 0.25) is 0 Å². The molecule has 0 radical (unpaired) electrons. The van der Waals surface area contributed by atoms with Gasteiger partial charge in [0.25, 0.3) is 0 Å². The molecule has 2 N–H and O–H groups in total. The molecule has 0 aliphatic rings. The molecule has 1 heterocycles. The van der Waals surface area contributed by atoms with Gasteiger partial charge < -0.3 is 10.2 Å². The number of sulfonamides is 1. The average Bonchev–Trinajstić information content (AvgIpc) is 2.35. The minimum absolute atomic E-state index is 0.0826. The first-order chi connectivity index (χ1) is 9.43. The summed E-state index contributed by atoms with van der Waals surface area (Å²) in [4.78, 5) is 2.11. The van der Waals surface area contributed by atoms with Gasteiger partial charge in [0, 0.05) is 6.54 Å². The molecule has 114 valence electrons. The Hall–Kier alpha value is -1.41. The molecule has 7 nitrogen and oxygen atoms in total. The molecule has 0 aromatic carbocycles. The summed E-state index contributed by atoms with van der Waals surface area (Å²) in [5.74, 6) is 0.971. The van der Waals surface area contributed by atoms with Crippen LogP contribution in [0.25, 0.3) is 0 Å². The fourth-order valence-electron chi connectivity index (χ4n) is 1.57. The van der Waals surface area contributed by atoms with Crippen molar-refractivity contribution in [2.24, 2.45) is 0 Å². The lowest BCUT2D eigenvalue weighted by atomic mass is 10.4. The van der Waals surface area contributed by atoms with Gasteiger partial charge in [0.05, 0.1) is 5.75 Å². The van der Waals surface area contributed by atoms with Crippen LogP contribution in [0.15, 0.2) is 12.1 Å². The van der Waals surface area contributed by atoms with E-state index in [4.69, 9.17) is 0 Å². The predicted octanol–water partition coefficient (Wildman–Crippen LogP) is 0.992. The summed E-state index contributed by atoms with van der Waals surface area (Å²) in [6.45, 7) is 3.61. The number of nitrogens with zero attached hydrogens (tertiary/aromatic N) is 3. The molecule has 0 spiro atoms. The fourth-order valence-corrected chi connectivity index (χ4v) is 2.64. The Morgan fingerprint density at radius 3 is 2.40 bits per heavy atom. The Bertz CT molecular complexity index is 487. The smallest absolute Gasteiger partial charge is 0.233 e. The molecule has 0 fully saturated rings. The second kappa shape index (κ2) is 8.01. The van der Waals surface area contributed by atoms with Gasteiger partial charge in [-0.1, -0.05) is 6.92 Å². The largest absolute Gasteiger partial charge is 0.369 e. The van der Waals surface area contributed by atoms with Crippen molar-refractivity contribution in [3.63, 3.8) is 0 Å². The van der Waals surface area contributed by atoms with Gasteiger partial charge in [0.2, 0.25) is 10.0 Å². The van der Waals surface area contributed by atoms with E-state index < -0.39 is 10.0 Å². The molecule has 0 atom stereocenters. The summed E-state index contributed by atoms with van der Waals surface area (Å²) in [5, 5.41) is 10.9. The van der Waals surface area contributed by atoms with E-state index in [0.717, 1.165) is 19.5 Å². The third kappa shape index (κ3) is 6.67. The molecule has 0 bridgehead atoms. The lowest BCUT2D eigenvalue weighted by molar-refractivity contribution is 0.405. The molecule has 0 saturated heterocycles. The molecule has 1 rings (SSSR count). The van der Waals surface area contributed by atoms with E-state index in [1.54, 1.807) is 12.1 Å². The zero-order valence-corrected chi connectivity index (χ0v) is 13.1.